The molecule has 0 aromatic rings. The maximum atomic E-state index is 3.83. The molecule has 0 spiro atoms. The van der Waals surface area contributed by atoms with Crippen molar-refractivity contribution in [1.29, 1.82) is 0 Å². The quantitative estimate of drug-likeness (QED) is 0.832. The zero-order valence-corrected chi connectivity index (χ0v) is 13.5. The molecule has 1 N–H and O–H groups in total. The number of piperazine rings is 1. The minimum absolute atomic E-state index is 0.383. The molecule has 2 rings (SSSR count). The van der Waals surface area contributed by atoms with E-state index < -0.39 is 0 Å². The summed E-state index contributed by atoms with van der Waals surface area (Å²) >= 11 is 0. The maximum absolute atomic E-state index is 3.83. The Kier molecular flexibility index (Phi) is 5.30. The Morgan fingerprint density at radius 2 is 1.68 bits per heavy atom. The van der Waals surface area contributed by atoms with Gasteiger partial charge in [0.25, 0.3) is 0 Å². The van der Waals surface area contributed by atoms with E-state index in [9.17, 15) is 0 Å². The van der Waals surface area contributed by atoms with E-state index >= 15 is 0 Å². The third-order valence-corrected chi connectivity index (χ3v) is 6.04. The second kappa shape index (κ2) is 6.58. The van der Waals surface area contributed by atoms with Gasteiger partial charge in [0.15, 0.2) is 0 Å². The van der Waals surface area contributed by atoms with Gasteiger partial charge in [-0.2, -0.15) is 0 Å². The first-order valence-electron chi connectivity index (χ1n) is 8.64. The Hall–Kier alpha value is -0.0800. The van der Waals surface area contributed by atoms with E-state index in [1.165, 1.54) is 58.0 Å². The van der Waals surface area contributed by atoms with Crippen molar-refractivity contribution >= 4 is 0 Å². The molecule has 0 radical (unpaired) electrons. The number of rotatable bonds is 4. The molecule has 1 aliphatic heterocycles. The molecule has 19 heavy (non-hydrogen) atoms. The van der Waals surface area contributed by atoms with Crippen molar-refractivity contribution in [1.82, 2.24) is 10.2 Å². The molecular weight excluding hydrogens is 232 g/mol. The monoisotopic (exact) mass is 266 g/mol. The smallest absolute Gasteiger partial charge is 0.0304 e. The lowest BCUT2D eigenvalue weighted by Crippen LogP contribution is -2.65. The molecule has 1 atom stereocenters. The van der Waals surface area contributed by atoms with Crippen LogP contribution < -0.4 is 5.32 Å². The summed E-state index contributed by atoms with van der Waals surface area (Å²) in [5.41, 5.74) is 0.383. The van der Waals surface area contributed by atoms with Crippen molar-refractivity contribution in [3.05, 3.63) is 0 Å². The first kappa shape index (κ1) is 15.3. The van der Waals surface area contributed by atoms with E-state index in [4.69, 9.17) is 0 Å². The first-order chi connectivity index (χ1) is 9.14. The van der Waals surface area contributed by atoms with Crippen LogP contribution in [0.2, 0.25) is 0 Å². The largest absolute Gasteiger partial charge is 0.308 e. The van der Waals surface area contributed by atoms with Crippen LogP contribution in [0, 0.1) is 5.92 Å². The molecule has 0 amide bonds. The van der Waals surface area contributed by atoms with Gasteiger partial charge in [0.1, 0.15) is 0 Å². The second-order valence-electron chi connectivity index (χ2n) is 6.97. The SMILES string of the molecule is CCC1CCC(N2CC(CC)(CC)NCC2C)CC1. The van der Waals surface area contributed by atoms with Crippen LogP contribution in [0.4, 0.5) is 0 Å². The topological polar surface area (TPSA) is 15.3 Å². The number of hydrogen-bond acceptors (Lipinski definition) is 2. The van der Waals surface area contributed by atoms with Crippen LogP contribution >= 0.6 is 0 Å². The average molecular weight is 266 g/mol. The fourth-order valence-electron chi connectivity index (χ4n) is 4.14. The summed E-state index contributed by atoms with van der Waals surface area (Å²) < 4.78 is 0. The van der Waals surface area contributed by atoms with E-state index in [1.54, 1.807) is 0 Å². The highest BCUT2D eigenvalue weighted by Gasteiger charge is 2.38. The van der Waals surface area contributed by atoms with Gasteiger partial charge in [-0.25, -0.2) is 0 Å². The van der Waals surface area contributed by atoms with Gasteiger partial charge >= 0.3 is 0 Å². The van der Waals surface area contributed by atoms with E-state index in [2.05, 4.69) is 37.9 Å². The van der Waals surface area contributed by atoms with E-state index in [-0.39, 0.29) is 0 Å². The van der Waals surface area contributed by atoms with Gasteiger partial charge in [-0.1, -0.05) is 27.2 Å². The molecule has 0 aromatic heterocycles. The Morgan fingerprint density at radius 3 is 2.21 bits per heavy atom. The van der Waals surface area contributed by atoms with E-state index in [0.717, 1.165) is 18.0 Å². The number of nitrogens with zero attached hydrogens (tertiary/aromatic N) is 1. The van der Waals surface area contributed by atoms with Gasteiger partial charge < -0.3 is 5.32 Å². The summed E-state index contributed by atoms with van der Waals surface area (Å²) in [5.74, 6) is 1.01. The van der Waals surface area contributed by atoms with Crippen molar-refractivity contribution in [3.63, 3.8) is 0 Å². The summed E-state index contributed by atoms with van der Waals surface area (Å²) in [6, 6.07) is 1.58. The summed E-state index contributed by atoms with van der Waals surface area (Å²) in [5, 5.41) is 3.83. The molecule has 0 aromatic carbocycles. The minimum Gasteiger partial charge on any atom is -0.308 e. The Balaban J connectivity index is 1.97. The average Bonchev–Trinajstić information content (AvgIpc) is 2.48. The lowest BCUT2D eigenvalue weighted by molar-refractivity contribution is 0.0238. The van der Waals surface area contributed by atoms with Crippen LogP contribution in [-0.2, 0) is 0 Å². The summed E-state index contributed by atoms with van der Waals surface area (Å²) in [7, 11) is 0. The maximum Gasteiger partial charge on any atom is 0.0304 e. The molecule has 1 saturated carbocycles. The fraction of sp³-hybridized carbons (Fsp3) is 1.00. The lowest BCUT2D eigenvalue weighted by atomic mass is 9.81. The molecule has 1 unspecified atom stereocenters. The van der Waals surface area contributed by atoms with E-state index in [0.29, 0.717) is 5.54 Å². The molecule has 1 heterocycles. The lowest BCUT2D eigenvalue weighted by Gasteiger charge is -2.50. The summed E-state index contributed by atoms with van der Waals surface area (Å²) in [6.45, 7) is 11.9. The van der Waals surface area contributed by atoms with Crippen molar-refractivity contribution in [2.45, 2.75) is 90.3 Å². The molecule has 112 valence electrons. The normalized spacial score (nSPS) is 36.3. The molecule has 0 bridgehead atoms. The van der Waals surface area contributed by atoms with Crippen LogP contribution in [0.25, 0.3) is 0 Å². The molecule has 2 fully saturated rings. The van der Waals surface area contributed by atoms with Gasteiger partial charge in [0, 0.05) is 30.7 Å². The Morgan fingerprint density at radius 1 is 1.05 bits per heavy atom. The summed E-state index contributed by atoms with van der Waals surface area (Å²) in [4.78, 5) is 2.84. The van der Waals surface area contributed by atoms with Crippen LogP contribution in [0.15, 0.2) is 0 Å². The number of nitrogens with one attached hydrogen (secondary N) is 1. The van der Waals surface area contributed by atoms with Gasteiger partial charge in [0.05, 0.1) is 0 Å². The van der Waals surface area contributed by atoms with Crippen molar-refractivity contribution in [2.24, 2.45) is 5.92 Å². The first-order valence-corrected chi connectivity index (χ1v) is 8.64. The van der Waals surface area contributed by atoms with Crippen LogP contribution in [0.3, 0.4) is 0 Å². The highest BCUT2D eigenvalue weighted by Crippen LogP contribution is 2.33. The molecule has 2 aliphatic rings. The van der Waals surface area contributed by atoms with Gasteiger partial charge in [-0.05, 0) is 51.4 Å². The molecule has 2 heteroatoms. The predicted octanol–water partition coefficient (Wildman–Crippen LogP) is 3.81. The van der Waals surface area contributed by atoms with Crippen molar-refractivity contribution in [2.75, 3.05) is 13.1 Å². The van der Waals surface area contributed by atoms with Crippen molar-refractivity contribution < 1.29 is 0 Å². The van der Waals surface area contributed by atoms with Crippen LogP contribution in [0.1, 0.15) is 72.6 Å². The highest BCUT2D eigenvalue weighted by atomic mass is 15.3. The van der Waals surface area contributed by atoms with Crippen LogP contribution in [0.5, 0.6) is 0 Å². The standard InChI is InChI=1S/C17H34N2/c1-5-15-8-10-16(11-9-15)19-13-17(6-2,7-3)18-12-14(19)4/h14-16,18H,5-13H2,1-4H3. The van der Waals surface area contributed by atoms with Gasteiger partial charge in [-0.3, -0.25) is 4.90 Å². The van der Waals surface area contributed by atoms with E-state index in [1.807, 2.05) is 0 Å². The molecule has 2 nitrogen and oxygen atoms in total. The summed E-state index contributed by atoms with van der Waals surface area (Å²) in [6.07, 6.45) is 9.70. The third kappa shape index (κ3) is 3.33. The predicted molar refractivity (Wildman–Crippen MR) is 83.5 cm³/mol. The zero-order valence-electron chi connectivity index (χ0n) is 13.5. The fourth-order valence-corrected chi connectivity index (χ4v) is 4.14. The van der Waals surface area contributed by atoms with Gasteiger partial charge in [0.2, 0.25) is 0 Å². The van der Waals surface area contributed by atoms with Crippen LogP contribution in [-0.4, -0.2) is 35.6 Å². The Bertz CT molecular complexity index is 264. The van der Waals surface area contributed by atoms with Gasteiger partial charge in [-0.15, -0.1) is 0 Å². The van der Waals surface area contributed by atoms with Crippen molar-refractivity contribution in [3.8, 4) is 0 Å². The molecule has 1 aliphatic carbocycles. The zero-order chi connectivity index (χ0) is 13.9. The molecular formula is C17H34N2. The highest BCUT2D eigenvalue weighted by molar-refractivity contribution is 4.98. The minimum atomic E-state index is 0.383. The Labute approximate surface area is 120 Å². The number of hydrogen-bond donors (Lipinski definition) is 1. The third-order valence-electron chi connectivity index (χ3n) is 6.04. The molecule has 1 saturated heterocycles. The second-order valence-corrected chi connectivity index (χ2v) is 6.97.